The number of unbranched alkanes of at least 4 members (excludes halogenated alkanes) is 2. The van der Waals surface area contributed by atoms with E-state index in [1.165, 1.54) is 0 Å². The van der Waals surface area contributed by atoms with Gasteiger partial charge in [0.2, 0.25) is 5.91 Å². The van der Waals surface area contributed by atoms with Gasteiger partial charge in [-0.25, -0.2) is 0 Å². The van der Waals surface area contributed by atoms with Gasteiger partial charge in [-0.05, 0) is 26.2 Å². The molecule has 4 heteroatoms. The Kier molecular flexibility index (Phi) is 6.54. The van der Waals surface area contributed by atoms with Gasteiger partial charge >= 0.3 is 0 Å². The summed E-state index contributed by atoms with van der Waals surface area (Å²) in [6.07, 6.45) is 2.68. The molecule has 1 amide bonds. The Morgan fingerprint density at radius 1 is 1.46 bits per heavy atom. The van der Waals surface area contributed by atoms with Crippen molar-refractivity contribution < 1.29 is 9.90 Å². The first kappa shape index (κ1) is 12.4. The van der Waals surface area contributed by atoms with Gasteiger partial charge in [0.15, 0.2) is 0 Å². The predicted octanol–water partition coefficient (Wildman–Crippen LogP) is -0.0454. The Morgan fingerprint density at radius 2 is 2.08 bits per heavy atom. The summed E-state index contributed by atoms with van der Waals surface area (Å²) in [5.74, 6) is -0.0241. The molecule has 13 heavy (non-hydrogen) atoms. The first-order valence-corrected chi connectivity index (χ1v) is 4.71. The van der Waals surface area contributed by atoms with Gasteiger partial charge in [0.1, 0.15) is 0 Å². The summed E-state index contributed by atoms with van der Waals surface area (Å²) in [6, 6.07) is -0.414. The van der Waals surface area contributed by atoms with Crippen molar-refractivity contribution in [1.29, 1.82) is 0 Å². The van der Waals surface area contributed by atoms with Gasteiger partial charge in [-0.15, -0.1) is 0 Å². The number of hydrogen-bond donors (Lipinski definition) is 2. The molecule has 0 aromatic heterocycles. The summed E-state index contributed by atoms with van der Waals surface area (Å²) >= 11 is 0. The lowest BCUT2D eigenvalue weighted by Gasteiger charge is -2.18. The highest BCUT2D eigenvalue weighted by Gasteiger charge is 2.11. The molecule has 1 atom stereocenters. The third kappa shape index (κ3) is 5.60. The summed E-state index contributed by atoms with van der Waals surface area (Å²) in [7, 11) is 1.75. The molecule has 0 heterocycles. The Labute approximate surface area is 79.7 Å². The number of carbonyl (C=O) groups is 1. The second-order valence-corrected chi connectivity index (χ2v) is 3.33. The lowest BCUT2D eigenvalue weighted by atomic mass is 10.2. The largest absolute Gasteiger partial charge is 0.396 e. The van der Waals surface area contributed by atoms with Crippen molar-refractivity contribution in [2.75, 3.05) is 20.2 Å². The Bertz CT molecular complexity index is 149. The first-order valence-electron chi connectivity index (χ1n) is 4.71. The first-order chi connectivity index (χ1) is 6.09. The highest BCUT2D eigenvalue weighted by molar-refractivity contribution is 5.80. The smallest absolute Gasteiger partial charge is 0.238 e. The zero-order chi connectivity index (χ0) is 10.3. The van der Waals surface area contributed by atoms with Crippen molar-refractivity contribution in [3.63, 3.8) is 0 Å². The number of amides is 1. The van der Waals surface area contributed by atoms with Gasteiger partial charge < -0.3 is 15.7 Å². The van der Waals surface area contributed by atoms with E-state index in [0.29, 0.717) is 0 Å². The molecule has 0 saturated heterocycles. The van der Waals surface area contributed by atoms with Crippen LogP contribution < -0.4 is 5.73 Å². The molecule has 0 fully saturated rings. The fourth-order valence-electron chi connectivity index (χ4n) is 1.10. The van der Waals surface area contributed by atoms with Crippen molar-refractivity contribution >= 4 is 5.91 Å². The maximum absolute atomic E-state index is 11.3. The van der Waals surface area contributed by atoms with Crippen LogP contribution in [0.4, 0.5) is 0 Å². The van der Waals surface area contributed by atoms with Crippen LogP contribution in [0, 0.1) is 0 Å². The average Bonchev–Trinajstić information content (AvgIpc) is 2.10. The second kappa shape index (κ2) is 6.86. The molecule has 0 aromatic rings. The van der Waals surface area contributed by atoms with Crippen LogP contribution >= 0.6 is 0 Å². The van der Waals surface area contributed by atoms with Gasteiger partial charge in [-0.2, -0.15) is 0 Å². The Balaban J connectivity index is 3.50. The van der Waals surface area contributed by atoms with Gasteiger partial charge in [-0.1, -0.05) is 0 Å². The molecule has 0 aliphatic heterocycles. The summed E-state index contributed by atoms with van der Waals surface area (Å²) < 4.78 is 0. The zero-order valence-corrected chi connectivity index (χ0v) is 8.49. The third-order valence-corrected chi connectivity index (χ3v) is 1.92. The van der Waals surface area contributed by atoms with E-state index in [9.17, 15) is 4.79 Å². The van der Waals surface area contributed by atoms with Gasteiger partial charge in [-0.3, -0.25) is 4.79 Å². The standard InChI is InChI=1S/C9H20N2O2/c1-8(10)9(13)11(2)6-4-3-5-7-12/h8,12H,3-7,10H2,1-2H3/t8-/m0/s1. The molecule has 0 radical (unpaired) electrons. The molecule has 0 spiro atoms. The fourth-order valence-corrected chi connectivity index (χ4v) is 1.10. The molecular weight excluding hydrogens is 168 g/mol. The zero-order valence-electron chi connectivity index (χ0n) is 8.49. The highest BCUT2D eigenvalue weighted by atomic mass is 16.2. The lowest BCUT2D eigenvalue weighted by Crippen LogP contribution is -2.40. The molecule has 3 N–H and O–H groups in total. The summed E-state index contributed by atoms with van der Waals surface area (Å²) in [6.45, 7) is 2.64. The van der Waals surface area contributed by atoms with E-state index in [1.807, 2.05) is 0 Å². The van der Waals surface area contributed by atoms with Crippen molar-refractivity contribution in [1.82, 2.24) is 4.90 Å². The van der Waals surface area contributed by atoms with E-state index in [4.69, 9.17) is 10.8 Å². The number of likely N-dealkylation sites (N-methyl/N-ethyl adjacent to an activating group) is 1. The van der Waals surface area contributed by atoms with Crippen molar-refractivity contribution in [2.24, 2.45) is 5.73 Å². The second-order valence-electron chi connectivity index (χ2n) is 3.33. The topological polar surface area (TPSA) is 66.6 Å². The Hall–Kier alpha value is -0.610. The predicted molar refractivity (Wildman–Crippen MR) is 52.2 cm³/mol. The van der Waals surface area contributed by atoms with Crippen molar-refractivity contribution in [3.8, 4) is 0 Å². The van der Waals surface area contributed by atoms with Crippen LogP contribution in [0.25, 0.3) is 0 Å². The molecule has 0 bridgehead atoms. The molecule has 4 nitrogen and oxygen atoms in total. The lowest BCUT2D eigenvalue weighted by molar-refractivity contribution is -0.130. The number of aliphatic hydroxyl groups is 1. The molecule has 0 aliphatic rings. The van der Waals surface area contributed by atoms with Crippen LogP contribution in [0.2, 0.25) is 0 Å². The van der Waals surface area contributed by atoms with Crippen LogP contribution in [0.1, 0.15) is 26.2 Å². The minimum absolute atomic E-state index is 0.0241. The SMILES string of the molecule is C[C@H](N)C(=O)N(C)CCCCCO. The number of carbonyl (C=O) groups excluding carboxylic acids is 1. The quantitative estimate of drug-likeness (QED) is 0.574. The Morgan fingerprint density at radius 3 is 2.54 bits per heavy atom. The minimum Gasteiger partial charge on any atom is -0.396 e. The summed E-state index contributed by atoms with van der Waals surface area (Å²) in [5, 5.41) is 8.53. The molecule has 0 saturated carbocycles. The minimum atomic E-state index is -0.414. The molecule has 0 rings (SSSR count). The fraction of sp³-hybridized carbons (Fsp3) is 0.889. The molecule has 0 unspecified atom stereocenters. The van der Waals surface area contributed by atoms with Gasteiger partial charge in [0, 0.05) is 20.2 Å². The van der Waals surface area contributed by atoms with E-state index in [-0.39, 0.29) is 12.5 Å². The van der Waals surface area contributed by atoms with Crippen molar-refractivity contribution in [3.05, 3.63) is 0 Å². The van der Waals surface area contributed by atoms with Crippen molar-refractivity contribution in [2.45, 2.75) is 32.2 Å². The summed E-state index contributed by atoms with van der Waals surface area (Å²) in [5.41, 5.74) is 5.44. The number of nitrogens with zero attached hydrogens (tertiary/aromatic N) is 1. The van der Waals surface area contributed by atoms with Crippen LogP contribution in [0.5, 0.6) is 0 Å². The van der Waals surface area contributed by atoms with E-state index < -0.39 is 6.04 Å². The molecule has 0 aromatic carbocycles. The van der Waals surface area contributed by atoms with Crippen LogP contribution in [-0.2, 0) is 4.79 Å². The van der Waals surface area contributed by atoms with E-state index in [2.05, 4.69) is 0 Å². The third-order valence-electron chi connectivity index (χ3n) is 1.92. The average molecular weight is 188 g/mol. The van der Waals surface area contributed by atoms with Crippen LogP contribution in [-0.4, -0.2) is 42.2 Å². The number of nitrogens with two attached hydrogens (primary N) is 1. The van der Waals surface area contributed by atoms with Crippen LogP contribution in [0.15, 0.2) is 0 Å². The van der Waals surface area contributed by atoms with Crippen LogP contribution in [0.3, 0.4) is 0 Å². The molecular formula is C9H20N2O2. The number of rotatable bonds is 6. The van der Waals surface area contributed by atoms with E-state index in [1.54, 1.807) is 18.9 Å². The maximum Gasteiger partial charge on any atom is 0.238 e. The normalized spacial score (nSPS) is 12.6. The molecule has 78 valence electrons. The highest BCUT2D eigenvalue weighted by Crippen LogP contribution is 1.97. The number of aliphatic hydroxyl groups excluding tert-OH is 1. The van der Waals surface area contributed by atoms with Gasteiger partial charge in [0.25, 0.3) is 0 Å². The van der Waals surface area contributed by atoms with E-state index in [0.717, 1.165) is 25.8 Å². The van der Waals surface area contributed by atoms with Gasteiger partial charge in [0.05, 0.1) is 6.04 Å². The molecule has 0 aliphatic carbocycles. The summed E-state index contributed by atoms with van der Waals surface area (Å²) in [4.78, 5) is 12.9. The number of hydrogen-bond acceptors (Lipinski definition) is 3. The maximum atomic E-state index is 11.3. The monoisotopic (exact) mass is 188 g/mol. The van der Waals surface area contributed by atoms with E-state index >= 15 is 0 Å².